The molecule has 0 N–H and O–H groups in total. The number of ether oxygens (including phenoxy) is 6. The van der Waals surface area contributed by atoms with Crippen molar-refractivity contribution in [1.29, 1.82) is 0 Å². The fraction of sp³-hybridized carbons (Fsp3) is 1.00. The highest BCUT2D eigenvalue weighted by Gasteiger charge is 2.61. The van der Waals surface area contributed by atoms with E-state index in [4.69, 9.17) is 28.4 Å². The van der Waals surface area contributed by atoms with Crippen molar-refractivity contribution in [1.82, 2.24) is 0 Å². The van der Waals surface area contributed by atoms with Gasteiger partial charge in [0.1, 0.15) is 31.0 Å². The van der Waals surface area contributed by atoms with E-state index in [0.29, 0.717) is 13.2 Å². The average Bonchev–Trinajstić information content (AvgIpc) is 2.70. The van der Waals surface area contributed by atoms with Crippen LogP contribution in [0.15, 0.2) is 0 Å². The summed E-state index contributed by atoms with van der Waals surface area (Å²) in [6, 6.07) is 0. The molecule has 0 unspecified atom stereocenters. The van der Waals surface area contributed by atoms with E-state index in [-0.39, 0.29) is 24.4 Å². The van der Waals surface area contributed by atoms with Crippen molar-refractivity contribution < 1.29 is 28.4 Å². The summed E-state index contributed by atoms with van der Waals surface area (Å²) in [5, 5.41) is 0. The molecule has 2 saturated heterocycles. The summed E-state index contributed by atoms with van der Waals surface area (Å²) in [6.45, 7) is 0.764. The van der Waals surface area contributed by atoms with Crippen LogP contribution in [0, 0.1) is 0 Å². The van der Waals surface area contributed by atoms with Gasteiger partial charge in [0, 0.05) is 28.4 Å². The lowest BCUT2D eigenvalue weighted by Gasteiger charge is -2.44. The van der Waals surface area contributed by atoms with E-state index in [1.165, 1.54) is 0 Å². The molecule has 2 aliphatic rings. The van der Waals surface area contributed by atoms with E-state index in [9.17, 15) is 0 Å². The summed E-state index contributed by atoms with van der Waals surface area (Å²) in [4.78, 5) is 0. The third kappa shape index (κ3) is 1.99. The summed E-state index contributed by atoms with van der Waals surface area (Å²) in [5.41, 5.74) is 0. The second-order valence-electron chi connectivity index (χ2n) is 4.27. The van der Waals surface area contributed by atoms with Gasteiger partial charge in [-0.1, -0.05) is 0 Å². The number of rotatable bonds is 5. The normalized spacial score (nSPS) is 45.2. The lowest BCUT2D eigenvalue weighted by molar-refractivity contribution is -0.318. The van der Waals surface area contributed by atoms with Crippen LogP contribution < -0.4 is 0 Å². The first kappa shape index (κ1) is 13.2. The second kappa shape index (κ2) is 5.17. The van der Waals surface area contributed by atoms with Gasteiger partial charge < -0.3 is 28.4 Å². The lowest BCUT2D eigenvalue weighted by atomic mass is 9.94. The molecule has 2 aliphatic heterocycles. The van der Waals surface area contributed by atoms with Gasteiger partial charge in [-0.25, -0.2) is 0 Å². The Kier molecular flexibility index (Phi) is 4.02. The van der Waals surface area contributed by atoms with Crippen LogP contribution in [0.5, 0.6) is 0 Å². The van der Waals surface area contributed by atoms with Crippen molar-refractivity contribution in [2.75, 3.05) is 41.7 Å². The summed E-state index contributed by atoms with van der Waals surface area (Å²) >= 11 is 0. The fourth-order valence-electron chi connectivity index (χ4n) is 2.71. The third-order valence-corrected chi connectivity index (χ3v) is 3.41. The molecule has 0 aromatic carbocycles. The molecule has 2 fully saturated rings. The predicted octanol–water partition coefficient (Wildman–Crippen LogP) is -0.197. The molecule has 0 aliphatic carbocycles. The van der Waals surface area contributed by atoms with Crippen LogP contribution in [0.3, 0.4) is 0 Å². The molecule has 0 aromatic rings. The van der Waals surface area contributed by atoms with E-state index in [2.05, 4.69) is 0 Å². The molecule has 6 nitrogen and oxygen atoms in total. The number of hydrogen-bond donors (Lipinski definition) is 0. The first-order valence-electron chi connectivity index (χ1n) is 5.61. The van der Waals surface area contributed by atoms with Crippen molar-refractivity contribution in [3.63, 3.8) is 0 Å². The Morgan fingerprint density at radius 1 is 1.06 bits per heavy atom. The molecule has 17 heavy (non-hydrogen) atoms. The largest absolute Gasteiger partial charge is 0.379 e. The van der Waals surface area contributed by atoms with E-state index in [0.717, 1.165) is 0 Å². The van der Waals surface area contributed by atoms with Crippen LogP contribution >= 0.6 is 0 Å². The molecule has 2 heterocycles. The minimum Gasteiger partial charge on any atom is -0.379 e. The standard InChI is InChI=1S/C11H20O6/c1-12-6-11-10(15-4)9(14-3)8(13-2)7(17-11)5-16-11/h7-10H,5-6H2,1-4H3/t7-,8+,9-,10-,11-/m1/s1. The number of hydrogen-bond acceptors (Lipinski definition) is 6. The van der Waals surface area contributed by atoms with Crippen LogP contribution in [-0.4, -0.2) is 71.9 Å². The summed E-state index contributed by atoms with van der Waals surface area (Å²) in [6.07, 6.45) is -0.957. The molecular formula is C11H20O6. The van der Waals surface area contributed by atoms with Crippen molar-refractivity contribution in [3.05, 3.63) is 0 Å². The highest BCUT2D eigenvalue weighted by Crippen LogP contribution is 2.40. The predicted molar refractivity (Wildman–Crippen MR) is 57.8 cm³/mol. The zero-order valence-corrected chi connectivity index (χ0v) is 10.7. The first-order valence-corrected chi connectivity index (χ1v) is 5.61. The average molecular weight is 248 g/mol. The SMILES string of the molecule is COC[C@@]12OC[C@@H](O1)[C@H](OC)[C@@H](OC)[C@H]2OC. The molecule has 2 rings (SSSR count). The molecule has 6 heteroatoms. The van der Waals surface area contributed by atoms with Gasteiger partial charge >= 0.3 is 0 Å². The van der Waals surface area contributed by atoms with Crippen LogP contribution in [0.1, 0.15) is 0 Å². The summed E-state index contributed by atoms with van der Waals surface area (Å²) in [5.74, 6) is -0.885. The van der Waals surface area contributed by atoms with Gasteiger partial charge in [-0.15, -0.1) is 0 Å². The lowest BCUT2D eigenvalue weighted by Crippen LogP contribution is -2.63. The van der Waals surface area contributed by atoms with Gasteiger partial charge in [0.15, 0.2) is 0 Å². The van der Waals surface area contributed by atoms with Crippen LogP contribution in [0.4, 0.5) is 0 Å². The quantitative estimate of drug-likeness (QED) is 0.672. The van der Waals surface area contributed by atoms with Crippen LogP contribution in [0.25, 0.3) is 0 Å². The Labute approximate surface area is 101 Å². The Bertz CT molecular complexity index is 260. The molecule has 0 saturated carbocycles. The second-order valence-corrected chi connectivity index (χ2v) is 4.27. The Morgan fingerprint density at radius 3 is 2.29 bits per heavy atom. The molecule has 0 aromatic heterocycles. The van der Waals surface area contributed by atoms with Gasteiger partial charge in [-0.3, -0.25) is 0 Å². The zero-order valence-electron chi connectivity index (χ0n) is 10.7. The van der Waals surface area contributed by atoms with Gasteiger partial charge in [-0.05, 0) is 0 Å². The van der Waals surface area contributed by atoms with Gasteiger partial charge in [0.05, 0.1) is 6.61 Å². The maximum Gasteiger partial charge on any atom is 0.222 e. The summed E-state index contributed by atoms with van der Waals surface area (Å²) < 4.78 is 33.2. The smallest absolute Gasteiger partial charge is 0.222 e. The Balaban J connectivity index is 2.26. The van der Waals surface area contributed by atoms with Crippen molar-refractivity contribution >= 4 is 0 Å². The van der Waals surface area contributed by atoms with Crippen molar-refractivity contribution in [2.45, 2.75) is 30.2 Å². The van der Waals surface area contributed by atoms with Crippen molar-refractivity contribution in [2.24, 2.45) is 0 Å². The van der Waals surface area contributed by atoms with Crippen molar-refractivity contribution in [3.8, 4) is 0 Å². The molecule has 2 bridgehead atoms. The first-order chi connectivity index (χ1) is 8.22. The van der Waals surface area contributed by atoms with Gasteiger partial charge in [0.2, 0.25) is 5.79 Å². The summed E-state index contributed by atoms with van der Waals surface area (Å²) in [7, 11) is 6.47. The van der Waals surface area contributed by atoms with E-state index in [1.54, 1.807) is 28.4 Å². The molecular weight excluding hydrogens is 228 g/mol. The minimum atomic E-state index is -0.885. The zero-order chi connectivity index (χ0) is 12.5. The van der Waals surface area contributed by atoms with Crippen LogP contribution in [-0.2, 0) is 28.4 Å². The Morgan fingerprint density at radius 2 is 1.76 bits per heavy atom. The minimum absolute atomic E-state index is 0.147. The number of methoxy groups -OCH3 is 4. The van der Waals surface area contributed by atoms with E-state index < -0.39 is 5.79 Å². The molecule has 0 spiro atoms. The number of fused-ring (bicyclic) bond motifs is 2. The topological polar surface area (TPSA) is 55.4 Å². The fourth-order valence-corrected chi connectivity index (χ4v) is 2.71. The maximum atomic E-state index is 5.89. The molecule has 5 atom stereocenters. The van der Waals surface area contributed by atoms with Gasteiger partial charge in [0.25, 0.3) is 0 Å². The highest BCUT2D eigenvalue weighted by atomic mass is 16.8. The molecule has 0 amide bonds. The van der Waals surface area contributed by atoms with Gasteiger partial charge in [-0.2, -0.15) is 0 Å². The molecule has 0 radical (unpaired) electrons. The molecule has 100 valence electrons. The van der Waals surface area contributed by atoms with E-state index in [1.807, 2.05) is 0 Å². The van der Waals surface area contributed by atoms with E-state index >= 15 is 0 Å². The third-order valence-electron chi connectivity index (χ3n) is 3.41. The van der Waals surface area contributed by atoms with Crippen LogP contribution in [0.2, 0.25) is 0 Å². The Hall–Kier alpha value is -0.240. The monoisotopic (exact) mass is 248 g/mol. The highest BCUT2D eigenvalue weighted by molar-refractivity contribution is 5.03. The maximum absolute atomic E-state index is 5.89.